The second kappa shape index (κ2) is 6.30. The minimum Gasteiger partial charge on any atom is -0.459 e. The van der Waals surface area contributed by atoms with E-state index in [2.05, 4.69) is 0 Å². The fourth-order valence-corrected chi connectivity index (χ4v) is 1.67. The molecule has 2 N–H and O–H groups in total. The highest BCUT2D eigenvalue weighted by molar-refractivity contribution is 8.00. The molecule has 14 heavy (non-hydrogen) atoms. The molecule has 0 aliphatic rings. The number of carbonyl (C=O) groups is 1. The number of ether oxygens (including phenoxy) is 1. The molecule has 0 saturated carbocycles. The summed E-state index contributed by atoms with van der Waals surface area (Å²) in [5.74, 6) is 0.774. The molecule has 1 atom stereocenters. The van der Waals surface area contributed by atoms with Crippen LogP contribution in [-0.4, -0.2) is 29.1 Å². The lowest BCUT2D eigenvalue weighted by Gasteiger charge is -2.21. The third-order valence-electron chi connectivity index (χ3n) is 1.46. The first-order valence-electron chi connectivity index (χ1n) is 4.91. The van der Waals surface area contributed by atoms with Gasteiger partial charge in [-0.25, -0.2) is 0 Å². The van der Waals surface area contributed by atoms with Crippen LogP contribution in [0.1, 0.15) is 34.1 Å². The van der Waals surface area contributed by atoms with E-state index in [1.54, 1.807) is 11.8 Å². The molecule has 0 fully saturated rings. The van der Waals surface area contributed by atoms with Crippen molar-refractivity contribution in [3.05, 3.63) is 0 Å². The van der Waals surface area contributed by atoms with Crippen molar-refractivity contribution in [2.24, 2.45) is 5.73 Å². The standard InChI is InChI=1S/C10H21NO2S/c1-8(14-7-5-6-11)9(12)13-10(2,3)4/h8H,5-7,11H2,1-4H3. The molecule has 0 rings (SSSR count). The van der Waals surface area contributed by atoms with Crippen LogP contribution in [0.5, 0.6) is 0 Å². The smallest absolute Gasteiger partial charge is 0.319 e. The van der Waals surface area contributed by atoms with Gasteiger partial charge in [-0.1, -0.05) is 0 Å². The number of esters is 1. The molecule has 0 spiro atoms. The lowest BCUT2D eigenvalue weighted by molar-refractivity contribution is -0.153. The summed E-state index contributed by atoms with van der Waals surface area (Å²) in [5, 5.41) is -0.0965. The van der Waals surface area contributed by atoms with Gasteiger partial charge in [0.2, 0.25) is 0 Å². The Balaban J connectivity index is 3.77. The average Bonchev–Trinajstić information content (AvgIpc) is 2.01. The van der Waals surface area contributed by atoms with Gasteiger partial charge in [0.1, 0.15) is 5.60 Å². The Morgan fingerprint density at radius 3 is 2.50 bits per heavy atom. The molecule has 84 valence electrons. The van der Waals surface area contributed by atoms with Gasteiger partial charge in [-0.3, -0.25) is 4.79 Å². The monoisotopic (exact) mass is 219 g/mol. The first-order valence-corrected chi connectivity index (χ1v) is 5.96. The zero-order chi connectivity index (χ0) is 11.2. The molecule has 3 nitrogen and oxygen atoms in total. The predicted octanol–water partition coefficient (Wildman–Crippen LogP) is 1.80. The summed E-state index contributed by atoms with van der Waals surface area (Å²) in [4.78, 5) is 11.5. The number of thioether (sulfide) groups is 1. The molecule has 0 aromatic carbocycles. The topological polar surface area (TPSA) is 52.3 Å². The maximum atomic E-state index is 11.5. The fraction of sp³-hybridized carbons (Fsp3) is 0.900. The van der Waals surface area contributed by atoms with Gasteiger partial charge in [-0.05, 0) is 46.4 Å². The molecule has 0 bridgehead atoms. The largest absolute Gasteiger partial charge is 0.459 e. The van der Waals surface area contributed by atoms with Gasteiger partial charge in [0, 0.05) is 0 Å². The lowest BCUT2D eigenvalue weighted by Crippen LogP contribution is -2.29. The van der Waals surface area contributed by atoms with E-state index < -0.39 is 0 Å². The first kappa shape index (κ1) is 13.8. The molecule has 0 aliphatic carbocycles. The zero-order valence-electron chi connectivity index (χ0n) is 9.50. The average molecular weight is 219 g/mol. The molecule has 0 amide bonds. The van der Waals surface area contributed by atoms with Crippen LogP contribution in [0.15, 0.2) is 0 Å². The summed E-state index contributed by atoms with van der Waals surface area (Å²) in [5.41, 5.74) is 4.97. The minimum atomic E-state index is -0.389. The van der Waals surface area contributed by atoms with Crippen LogP contribution >= 0.6 is 11.8 Å². The maximum absolute atomic E-state index is 11.5. The van der Waals surface area contributed by atoms with Gasteiger partial charge in [-0.2, -0.15) is 0 Å². The summed E-state index contributed by atoms with van der Waals surface area (Å²) < 4.78 is 5.24. The molecule has 0 heterocycles. The maximum Gasteiger partial charge on any atom is 0.319 e. The Labute approximate surface area is 90.8 Å². The molecule has 0 radical (unpaired) electrons. The molecule has 0 saturated heterocycles. The quantitative estimate of drug-likeness (QED) is 0.566. The number of rotatable bonds is 5. The van der Waals surface area contributed by atoms with E-state index >= 15 is 0 Å². The normalized spacial score (nSPS) is 13.8. The number of carbonyl (C=O) groups excluding carboxylic acids is 1. The number of hydrogen-bond donors (Lipinski definition) is 1. The second-order valence-electron chi connectivity index (χ2n) is 4.19. The Morgan fingerprint density at radius 1 is 1.50 bits per heavy atom. The summed E-state index contributed by atoms with van der Waals surface area (Å²) in [6.45, 7) is 8.18. The molecular weight excluding hydrogens is 198 g/mol. The van der Waals surface area contributed by atoms with Crippen molar-refractivity contribution in [1.82, 2.24) is 0 Å². The molecular formula is C10H21NO2S. The highest BCUT2D eigenvalue weighted by Crippen LogP contribution is 2.16. The van der Waals surface area contributed by atoms with Crippen LogP contribution in [0, 0.1) is 0 Å². The van der Waals surface area contributed by atoms with E-state index in [-0.39, 0.29) is 16.8 Å². The van der Waals surface area contributed by atoms with Gasteiger partial charge in [0.15, 0.2) is 0 Å². The summed E-state index contributed by atoms with van der Waals surface area (Å²) in [6, 6.07) is 0. The highest BCUT2D eigenvalue weighted by atomic mass is 32.2. The minimum absolute atomic E-state index is 0.0965. The predicted molar refractivity (Wildman–Crippen MR) is 61.4 cm³/mol. The third-order valence-corrected chi connectivity index (χ3v) is 2.67. The van der Waals surface area contributed by atoms with Crippen molar-refractivity contribution in [3.63, 3.8) is 0 Å². The fourth-order valence-electron chi connectivity index (χ4n) is 0.796. The highest BCUT2D eigenvalue weighted by Gasteiger charge is 2.21. The first-order chi connectivity index (χ1) is 6.37. The van der Waals surface area contributed by atoms with Crippen LogP contribution in [0.3, 0.4) is 0 Å². The van der Waals surface area contributed by atoms with Crippen molar-refractivity contribution in [3.8, 4) is 0 Å². The SMILES string of the molecule is CC(SCCCN)C(=O)OC(C)(C)C. The summed E-state index contributed by atoms with van der Waals surface area (Å²) in [6.07, 6.45) is 0.942. The van der Waals surface area contributed by atoms with Gasteiger partial charge >= 0.3 is 5.97 Å². The number of hydrogen-bond acceptors (Lipinski definition) is 4. The van der Waals surface area contributed by atoms with Gasteiger partial charge in [0.25, 0.3) is 0 Å². The Morgan fingerprint density at radius 2 is 2.07 bits per heavy atom. The van der Waals surface area contributed by atoms with E-state index in [4.69, 9.17) is 10.5 Å². The Bertz CT molecular complexity index is 177. The summed E-state index contributed by atoms with van der Waals surface area (Å²) in [7, 11) is 0. The third kappa shape index (κ3) is 7.21. The molecule has 1 unspecified atom stereocenters. The van der Waals surface area contributed by atoms with Gasteiger partial charge < -0.3 is 10.5 Å². The van der Waals surface area contributed by atoms with E-state index in [0.717, 1.165) is 12.2 Å². The molecule has 0 aromatic heterocycles. The molecule has 0 aliphatic heterocycles. The van der Waals surface area contributed by atoms with Crippen LogP contribution in [-0.2, 0) is 9.53 Å². The summed E-state index contributed by atoms with van der Waals surface area (Å²) >= 11 is 1.60. The molecule has 0 aromatic rings. The van der Waals surface area contributed by atoms with E-state index in [0.29, 0.717) is 6.54 Å². The second-order valence-corrected chi connectivity index (χ2v) is 5.64. The Hall–Kier alpha value is -0.220. The Kier molecular flexibility index (Phi) is 6.20. The van der Waals surface area contributed by atoms with Crippen molar-refractivity contribution in [2.45, 2.75) is 45.0 Å². The molecule has 4 heteroatoms. The van der Waals surface area contributed by atoms with E-state index in [1.807, 2.05) is 27.7 Å². The van der Waals surface area contributed by atoms with Gasteiger partial charge in [-0.15, -0.1) is 11.8 Å². The van der Waals surface area contributed by atoms with E-state index in [1.165, 1.54) is 0 Å². The number of nitrogens with two attached hydrogens (primary N) is 1. The van der Waals surface area contributed by atoms with Crippen molar-refractivity contribution in [2.75, 3.05) is 12.3 Å². The van der Waals surface area contributed by atoms with Crippen LogP contribution in [0.4, 0.5) is 0 Å². The van der Waals surface area contributed by atoms with Crippen LogP contribution < -0.4 is 5.73 Å². The lowest BCUT2D eigenvalue weighted by atomic mass is 10.2. The van der Waals surface area contributed by atoms with E-state index in [9.17, 15) is 4.79 Å². The van der Waals surface area contributed by atoms with Crippen molar-refractivity contribution in [1.29, 1.82) is 0 Å². The van der Waals surface area contributed by atoms with Crippen molar-refractivity contribution >= 4 is 17.7 Å². The zero-order valence-corrected chi connectivity index (χ0v) is 10.3. The van der Waals surface area contributed by atoms with Crippen molar-refractivity contribution < 1.29 is 9.53 Å². The van der Waals surface area contributed by atoms with Crippen LogP contribution in [0.25, 0.3) is 0 Å². The van der Waals surface area contributed by atoms with Gasteiger partial charge in [0.05, 0.1) is 5.25 Å². The van der Waals surface area contributed by atoms with Crippen LogP contribution in [0.2, 0.25) is 0 Å².